The van der Waals surface area contributed by atoms with Crippen LogP contribution in [-0.2, 0) is 0 Å². The van der Waals surface area contributed by atoms with Crippen molar-refractivity contribution in [3.8, 4) is 0 Å². The first kappa shape index (κ1) is 17.4. The number of rotatable bonds is 5. The Morgan fingerprint density at radius 1 is 1.11 bits per heavy atom. The van der Waals surface area contributed by atoms with Gasteiger partial charge in [0.25, 0.3) is 5.91 Å². The van der Waals surface area contributed by atoms with E-state index in [9.17, 15) is 4.79 Å². The van der Waals surface area contributed by atoms with Crippen LogP contribution in [0.25, 0.3) is 0 Å². The lowest BCUT2D eigenvalue weighted by Gasteiger charge is -2.33. The third kappa shape index (κ3) is 4.40. The standard InChI is InChI=1S/C19H20N6OS/c26-18(23-19-24-21-13-27-19)14-6-7-17(20-12-14)25-10-8-16(9-11-25)22-15-4-2-1-3-5-15/h1-7,12-13,16,22H,8-11H2,(H,23,24,26). The molecule has 2 N–H and O–H groups in total. The minimum Gasteiger partial charge on any atom is -0.382 e. The number of amides is 1. The van der Waals surface area contributed by atoms with E-state index in [4.69, 9.17) is 0 Å². The summed E-state index contributed by atoms with van der Waals surface area (Å²) in [5, 5.41) is 14.3. The van der Waals surface area contributed by atoms with Gasteiger partial charge in [0, 0.05) is 31.0 Å². The first-order valence-electron chi connectivity index (χ1n) is 8.88. The molecule has 0 atom stereocenters. The Bertz CT molecular complexity index is 861. The lowest BCUT2D eigenvalue weighted by atomic mass is 10.0. The average Bonchev–Trinajstić information content (AvgIpc) is 3.22. The van der Waals surface area contributed by atoms with Crippen molar-refractivity contribution in [2.75, 3.05) is 28.6 Å². The maximum atomic E-state index is 12.2. The molecule has 1 aliphatic heterocycles. The molecule has 1 fully saturated rings. The molecule has 0 saturated carbocycles. The number of carbonyl (C=O) groups excluding carboxylic acids is 1. The molecule has 27 heavy (non-hydrogen) atoms. The molecule has 0 aliphatic carbocycles. The fraction of sp³-hybridized carbons (Fsp3) is 0.263. The number of aromatic nitrogens is 3. The van der Waals surface area contributed by atoms with E-state index < -0.39 is 0 Å². The van der Waals surface area contributed by atoms with Crippen LogP contribution in [0.2, 0.25) is 0 Å². The Balaban J connectivity index is 1.31. The SMILES string of the molecule is O=C(Nc1nncs1)c1ccc(N2CCC(Nc3ccccc3)CC2)nc1. The third-order valence-corrected chi connectivity index (χ3v) is 5.16. The van der Waals surface area contributed by atoms with Gasteiger partial charge in [-0.15, -0.1) is 10.2 Å². The number of carbonyl (C=O) groups is 1. The van der Waals surface area contributed by atoms with Crippen molar-refractivity contribution in [2.24, 2.45) is 0 Å². The van der Waals surface area contributed by atoms with Crippen LogP contribution in [0.15, 0.2) is 54.2 Å². The van der Waals surface area contributed by atoms with Crippen molar-refractivity contribution < 1.29 is 4.79 Å². The summed E-state index contributed by atoms with van der Waals surface area (Å²) in [6, 6.07) is 14.5. The number of hydrogen-bond acceptors (Lipinski definition) is 7. The highest BCUT2D eigenvalue weighted by Crippen LogP contribution is 2.21. The van der Waals surface area contributed by atoms with Crippen molar-refractivity contribution in [1.82, 2.24) is 15.2 Å². The van der Waals surface area contributed by atoms with Gasteiger partial charge in [0.15, 0.2) is 0 Å². The van der Waals surface area contributed by atoms with Crippen molar-refractivity contribution in [3.05, 3.63) is 59.7 Å². The summed E-state index contributed by atoms with van der Waals surface area (Å²) in [5.74, 6) is 0.678. The Morgan fingerprint density at radius 2 is 1.93 bits per heavy atom. The molecule has 0 bridgehead atoms. The van der Waals surface area contributed by atoms with E-state index >= 15 is 0 Å². The van der Waals surface area contributed by atoms with Gasteiger partial charge in [-0.3, -0.25) is 10.1 Å². The number of nitrogens with zero attached hydrogens (tertiary/aromatic N) is 4. The van der Waals surface area contributed by atoms with Gasteiger partial charge < -0.3 is 10.2 Å². The van der Waals surface area contributed by atoms with Crippen molar-refractivity contribution in [2.45, 2.75) is 18.9 Å². The summed E-state index contributed by atoms with van der Waals surface area (Å²) in [5.41, 5.74) is 3.25. The minimum absolute atomic E-state index is 0.225. The van der Waals surface area contributed by atoms with E-state index in [-0.39, 0.29) is 5.91 Å². The van der Waals surface area contributed by atoms with Gasteiger partial charge in [-0.1, -0.05) is 29.5 Å². The summed E-state index contributed by atoms with van der Waals surface area (Å²) in [6.07, 6.45) is 3.71. The molecule has 0 spiro atoms. The number of anilines is 3. The topological polar surface area (TPSA) is 83.0 Å². The molecule has 0 radical (unpaired) electrons. The number of para-hydroxylation sites is 1. The molecular formula is C19H20N6OS. The molecule has 1 aromatic carbocycles. The van der Waals surface area contributed by atoms with Crippen LogP contribution >= 0.6 is 11.3 Å². The summed E-state index contributed by atoms with van der Waals surface area (Å²) in [4.78, 5) is 18.9. The molecule has 1 amide bonds. The lowest BCUT2D eigenvalue weighted by Crippen LogP contribution is -2.39. The van der Waals surface area contributed by atoms with Crippen LogP contribution in [0.3, 0.4) is 0 Å². The Labute approximate surface area is 161 Å². The molecule has 138 valence electrons. The van der Waals surface area contributed by atoms with E-state index in [0.717, 1.165) is 31.7 Å². The van der Waals surface area contributed by atoms with E-state index in [0.29, 0.717) is 16.7 Å². The zero-order valence-electron chi connectivity index (χ0n) is 14.7. The highest BCUT2D eigenvalue weighted by molar-refractivity contribution is 7.13. The first-order chi connectivity index (χ1) is 13.3. The second kappa shape index (κ2) is 8.13. The number of benzene rings is 1. The molecule has 4 rings (SSSR count). The monoisotopic (exact) mass is 380 g/mol. The maximum Gasteiger partial charge on any atom is 0.259 e. The number of hydrogen-bond donors (Lipinski definition) is 2. The van der Waals surface area contributed by atoms with Crippen molar-refractivity contribution in [3.63, 3.8) is 0 Å². The van der Waals surface area contributed by atoms with Gasteiger partial charge in [0.05, 0.1) is 5.56 Å². The number of nitrogens with one attached hydrogen (secondary N) is 2. The minimum atomic E-state index is -0.225. The lowest BCUT2D eigenvalue weighted by molar-refractivity contribution is 0.102. The van der Waals surface area contributed by atoms with Crippen LogP contribution in [0.4, 0.5) is 16.6 Å². The second-order valence-electron chi connectivity index (χ2n) is 6.37. The normalized spacial score (nSPS) is 14.7. The smallest absolute Gasteiger partial charge is 0.259 e. The fourth-order valence-corrected chi connectivity index (χ4v) is 3.57. The predicted octanol–water partition coefficient (Wildman–Crippen LogP) is 3.27. The molecule has 1 saturated heterocycles. The molecule has 3 aromatic rings. The molecule has 1 aliphatic rings. The molecule has 2 aromatic heterocycles. The van der Waals surface area contributed by atoms with Crippen LogP contribution in [0, 0.1) is 0 Å². The van der Waals surface area contributed by atoms with Gasteiger partial charge in [0.2, 0.25) is 5.13 Å². The molecule has 0 unspecified atom stereocenters. The third-order valence-electron chi connectivity index (χ3n) is 4.55. The summed E-state index contributed by atoms with van der Waals surface area (Å²) in [7, 11) is 0. The van der Waals surface area contributed by atoms with Crippen LogP contribution in [0.1, 0.15) is 23.2 Å². The maximum absolute atomic E-state index is 12.2. The Kier molecular flexibility index (Phi) is 5.24. The first-order valence-corrected chi connectivity index (χ1v) is 9.76. The zero-order valence-corrected chi connectivity index (χ0v) is 15.5. The fourth-order valence-electron chi connectivity index (χ4n) is 3.13. The predicted molar refractivity (Wildman–Crippen MR) is 107 cm³/mol. The number of piperidine rings is 1. The largest absolute Gasteiger partial charge is 0.382 e. The van der Waals surface area contributed by atoms with Crippen LogP contribution in [-0.4, -0.2) is 40.2 Å². The van der Waals surface area contributed by atoms with Gasteiger partial charge in [-0.05, 0) is 37.1 Å². The quantitative estimate of drug-likeness (QED) is 0.707. The number of pyridine rings is 1. The average molecular weight is 380 g/mol. The molecule has 7 nitrogen and oxygen atoms in total. The Morgan fingerprint density at radius 3 is 2.59 bits per heavy atom. The molecule has 8 heteroatoms. The van der Waals surface area contributed by atoms with Crippen LogP contribution < -0.4 is 15.5 Å². The molecular weight excluding hydrogens is 360 g/mol. The Hall–Kier alpha value is -3.00. The van der Waals surface area contributed by atoms with Gasteiger partial charge in [-0.25, -0.2) is 4.98 Å². The van der Waals surface area contributed by atoms with E-state index in [1.165, 1.54) is 17.0 Å². The second-order valence-corrected chi connectivity index (χ2v) is 7.21. The van der Waals surface area contributed by atoms with Crippen LogP contribution in [0.5, 0.6) is 0 Å². The summed E-state index contributed by atoms with van der Waals surface area (Å²) in [6.45, 7) is 1.88. The summed E-state index contributed by atoms with van der Waals surface area (Å²) >= 11 is 1.28. The van der Waals surface area contributed by atoms with Crippen molar-refractivity contribution in [1.29, 1.82) is 0 Å². The van der Waals surface area contributed by atoms with E-state index in [1.54, 1.807) is 17.8 Å². The van der Waals surface area contributed by atoms with E-state index in [2.05, 4.69) is 42.8 Å². The summed E-state index contributed by atoms with van der Waals surface area (Å²) < 4.78 is 0. The van der Waals surface area contributed by atoms with Gasteiger partial charge in [0.1, 0.15) is 11.3 Å². The van der Waals surface area contributed by atoms with Crippen molar-refractivity contribution >= 4 is 33.9 Å². The van der Waals surface area contributed by atoms with E-state index in [1.807, 2.05) is 24.3 Å². The highest BCUT2D eigenvalue weighted by atomic mass is 32.1. The van der Waals surface area contributed by atoms with Gasteiger partial charge >= 0.3 is 0 Å². The molecule has 3 heterocycles. The van der Waals surface area contributed by atoms with Gasteiger partial charge in [-0.2, -0.15) is 0 Å². The highest BCUT2D eigenvalue weighted by Gasteiger charge is 2.20. The zero-order chi connectivity index (χ0) is 18.5.